The molecular formula is C29H36ClFN4O3. The molecule has 0 bridgehead atoms. The summed E-state index contributed by atoms with van der Waals surface area (Å²) in [5.41, 5.74) is 1.72. The van der Waals surface area contributed by atoms with E-state index in [0.29, 0.717) is 43.9 Å². The number of nitrogens with one attached hydrogen (secondary N) is 2. The number of hydrogen-bond donors (Lipinski definition) is 2. The van der Waals surface area contributed by atoms with Crippen LogP contribution in [0.25, 0.3) is 0 Å². The van der Waals surface area contributed by atoms with Gasteiger partial charge in [0.1, 0.15) is 17.9 Å². The van der Waals surface area contributed by atoms with Gasteiger partial charge < -0.3 is 20.4 Å². The second-order valence-corrected chi connectivity index (χ2v) is 10.5. The van der Waals surface area contributed by atoms with E-state index in [4.69, 9.17) is 11.6 Å². The molecule has 2 fully saturated rings. The maximum absolute atomic E-state index is 13.9. The molecule has 2 saturated heterocycles. The molecule has 2 aromatic rings. The molecule has 204 valence electrons. The van der Waals surface area contributed by atoms with Gasteiger partial charge in [0, 0.05) is 31.1 Å². The number of halogens is 2. The normalized spacial score (nSPS) is 20.4. The van der Waals surface area contributed by atoms with Crippen molar-refractivity contribution >= 4 is 29.3 Å². The van der Waals surface area contributed by atoms with Crippen LogP contribution in [-0.4, -0.2) is 71.8 Å². The van der Waals surface area contributed by atoms with Crippen LogP contribution >= 0.6 is 11.6 Å². The first-order valence-corrected chi connectivity index (χ1v) is 13.9. The van der Waals surface area contributed by atoms with Crippen LogP contribution in [0.4, 0.5) is 4.39 Å². The highest BCUT2D eigenvalue weighted by atomic mass is 35.5. The summed E-state index contributed by atoms with van der Waals surface area (Å²) >= 11 is 6.30. The molecule has 3 amide bonds. The van der Waals surface area contributed by atoms with E-state index in [2.05, 4.69) is 10.6 Å². The van der Waals surface area contributed by atoms with Crippen LogP contribution in [0.2, 0.25) is 5.02 Å². The predicted molar refractivity (Wildman–Crippen MR) is 145 cm³/mol. The lowest BCUT2D eigenvalue weighted by Crippen LogP contribution is -2.63. The van der Waals surface area contributed by atoms with Gasteiger partial charge in [-0.2, -0.15) is 0 Å². The Kier molecular flexibility index (Phi) is 9.74. The van der Waals surface area contributed by atoms with E-state index < -0.39 is 12.1 Å². The van der Waals surface area contributed by atoms with Crippen molar-refractivity contribution in [1.82, 2.24) is 20.4 Å². The van der Waals surface area contributed by atoms with Crippen LogP contribution < -0.4 is 10.6 Å². The molecule has 0 aromatic heterocycles. The number of piperazine rings is 1. The zero-order valence-corrected chi connectivity index (χ0v) is 22.6. The number of carbonyl (C=O) groups excluding carboxylic acids is 3. The third-order valence-corrected chi connectivity index (χ3v) is 7.75. The summed E-state index contributed by atoms with van der Waals surface area (Å²) in [6.07, 6.45) is 3.74. The Labute approximate surface area is 228 Å². The summed E-state index contributed by atoms with van der Waals surface area (Å²) in [5, 5.41) is 6.78. The van der Waals surface area contributed by atoms with Crippen molar-refractivity contribution in [2.75, 3.05) is 26.2 Å². The molecular weight excluding hydrogens is 507 g/mol. The zero-order chi connectivity index (χ0) is 27.1. The summed E-state index contributed by atoms with van der Waals surface area (Å²) in [4.78, 5) is 43.9. The highest BCUT2D eigenvalue weighted by Crippen LogP contribution is 2.21. The molecule has 0 radical (unpaired) electrons. The molecule has 9 heteroatoms. The van der Waals surface area contributed by atoms with Gasteiger partial charge in [-0.15, -0.1) is 0 Å². The van der Waals surface area contributed by atoms with Crippen LogP contribution in [-0.2, 0) is 27.2 Å². The number of amides is 3. The fraction of sp³-hybridized carbons (Fsp3) is 0.483. The number of rotatable bonds is 10. The van der Waals surface area contributed by atoms with Gasteiger partial charge in [0.25, 0.3) is 0 Å². The minimum Gasteiger partial charge on any atom is -0.343 e. The minimum absolute atomic E-state index is 0.0807. The van der Waals surface area contributed by atoms with E-state index >= 15 is 0 Å². The molecule has 0 aliphatic carbocycles. The van der Waals surface area contributed by atoms with Crippen LogP contribution in [0.3, 0.4) is 0 Å². The van der Waals surface area contributed by atoms with Crippen molar-refractivity contribution in [1.29, 1.82) is 0 Å². The smallest absolute Gasteiger partial charge is 0.246 e. The Morgan fingerprint density at radius 1 is 1.16 bits per heavy atom. The topological polar surface area (TPSA) is 81.8 Å². The Hall–Kier alpha value is -2.97. The van der Waals surface area contributed by atoms with Gasteiger partial charge in [0.15, 0.2) is 0 Å². The Morgan fingerprint density at radius 3 is 2.61 bits per heavy atom. The highest BCUT2D eigenvalue weighted by molar-refractivity contribution is 6.31. The van der Waals surface area contributed by atoms with E-state index in [1.54, 1.807) is 17.0 Å². The maximum atomic E-state index is 13.9. The van der Waals surface area contributed by atoms with Gasteiger partial charge in [0.2, 0.25) is 17.7 Å². The second-order valence-electron chi connectivity index (χ2n) is 10.0. The summed E-state index contributed by atoms with van der Waals surface area (Å²) < 4.78 is 13.5. The van der Waals surface area contributed by atoms with E-state index in [1.807, 2.05) is 36.1 Å². The van der Waals surface area contributed by atoms with Gasteiger partial charge in [0.05, 0.1) is 6.04 Å². The van der Waals surface area contributed by atoms with Crippen molar-refractivity contribution in [3.63, 3.8) is 0 Å². The third kappa shape index (κ3) is 6.91. The molecule has 3 unspecified atom stereocenters. The molecule has 3 atom stereocenters. The van der Waals surface area contributed by atoms with Crippen molar-refractivity contribution < 1.29 is 18.8 Å². The maximum Gasteiger partial charge on any atom is 0.246 e. The molecule has 7 nitrogen and oxygen atoms in total. The zero-order valence-electron chi connectivity index (χ0n) is 21.8. The van der Waals surface area contributed by atoms with E-state index in [0.717, 1.165) is 30.5 Å². The van der Waals surface area contributed by atoms with Crippen molar-refractivity contribution in [3.05, 3.63) is 70.5 Å². The summed E-state index contributed by atoms with van der Waals surface area (Å²) in [6.45, 7) is 4.07. The largest absolute Gasteiger partial charge is 0.343 e. The lowest BCUT2D eigenvalue weighted by Gasteiger charge is -2.42. The van der Waals surface area contributed by atoms with Crippen LogP contribution in [0.15, 0.2) is 48.5 Å². The number of hydrogen-bond acceptors (Lipinski definition) is 4. The van der Waals surface area contributed by atoms with E-state index in [-0.39, 0.29) is 36.0 Å². The van der Waals surface area contributed by atoms with Crippen LogP contribution in [0, 0.1) is 5.82 Å². The molecule has 2 N–H and O–H groups in total. The molecule has 0 spiro atoms. The Bertz CT molecular complexity index is 1120. The molecule has 0 saturated carbocycles. The fourth-order valence-electron chi connectivity index (χ4n) is 5.27. The monoisotopic (exact) mass is 542 g/mol. The molecule has 2 aliphatic heterocycles. The fourth-order valence-corrected chi connectivity index (χ4v) is 5.50. The average molecular weight is 543 g/mol. The first-order chi connectivity index (χ1) is 18.4. The molecule has 2 heterocycles. The lowest BCUT2D eigenvalue weighted by molar-refractivity contribution is -0.153. The van der Waals surface area contributed by atoms with E-state index in [1.165, 1.54) is 12.1 Å². The van der Waals surface area contributed by atoms with Crippen molar-refractivity contribution in [3.8, 4) is 0 Å². The van der Waals surface area contributed by atoms with Gasteiger partial charge in [-0.25, -0.2) is 4.39 Å². The Balaban J connectivity index is 1.49. The molecule has 38 heavy (non-hydrogen) atoms. The third-order valence-electron chi connectivity index (χ3n) is 7.38. The number of nitrogens with zero attached hydrogens (tertiary/aromatic N) is 2. The summed E-state index contributed by atoms with van der Waals surface area (Å²) in [5.74, 6) is -0.946. The quantitative estimate of drug-likeness (QED) is 0.482. The molecule has 2 aromatic carbocycles. The first kappa shape index (κ1) is 28.0. The average Bonchev–Trinajstić information content (AvgIpc) is 3.46. The second kappa shape index (κ2) is 13.2. The van der Waals surface area contributed by atoms with Gasteiger partial charge in [-0.05, 0) is 61.6 Å². The summed E-state index contributed by atoms with van der Waals surface area (Å²) in [7, 11) is 0. The van der Waals surface area contributed by atoms with E-state index in [9.17, 15) is 18.8 Å². The number of carbonyl (C=O) groups is 3. The van der Waals surface area contributed by atoms with Crippen LogP contribution in [0.5, 0.6) is 0 Å². The standard InChI is InChI=1S/C29H36ClFN4O3/c1-2-6-26-29(38)34(16-14-21-7-3-4-8-23(21)30)17-18-35(26)28(37)25(19-20-10-12-22(31)13-11-20)33-27(36)24-9-5-15-32-24/h3-4,7-8,10-13,24-26,32H,2,5-6,9,14-19H2,1H3,(H,33,36). The predicted octanol–water partition coefficient (Wildman–Crippen LogP) is 3.34. The minimum atomic E-state index is -0.850. The SMILES string of the molecule is CCCC1C(=O)N(CCc2ccccc2Cl)CCN1C(=O)C(Cc1ccc(F)cc1)NC(=O)C1CCCN1. The van der Waals surface area contributed by atoms with Crippen LogP contribution in [0.1, 0.15) is 43.7 Å². The van der Waals surface area contributed by atoms with Gasteiger partial charge in [-0.3, -0.25) is 14.4 Å². The van der Waals surface area contributed by atoms with Gasteiger partial charge >= 0.3 is 0 Å². The first-order valence-electron chi connectivity index (χ1n) is 13.5. The Morgan fingerprint density at radius 2 is 1.92 bits per heavy atom. The highest BCUT2D eigenvalue weighted by Gasteiger charge is 2.40. The van der Waals surface area contributed by atoms with Crippen molar-refractivity contribution in [2.24, 2.45) is 0 Å². The summed E-state index contributed by atoms with van der Waals surface area (Å²) in [6, 6.07) is 11.8. The molecule has 2 aliphatic rings. The number of benzene rings is 2. The van der Waals surface area contributed by atoms with Crippen molar-refractivity contribution in [2.45, 2.75) is 63.6 Å². The molecule has 4 rings (SSSR count). The van der Waals surface area contributed by atoms with Gasteiger partial charge in [-0.1, -0.05) is 55.3 Å². The lowest BCUT2D eigenvalue weighted by atomic mass is 9.99.